The van der Waals surface area contributed by atoms with Gasteiger partial charge in [-0.3, -0.25) is 0 Å². The van der Waals surface area contributed by atoms with E-state index in [1.807, 2.05) is 48.5 Å². The first-order valence-electron chi connectivity index (χ1n) is 22.1. The summed E-state index contributed by atoms with van der Waals surface area (Å²) in [6.45, 7) is 4.69. The lowest BCUT2D eigenvalue weighted by Crippen LogP contribution is -2.16. The van der Waals surface area contributed by atoms with Crippen molar-refractivity contribution in [2.45, 2.75) is 19.3 Å². The van der Waals surface area contributed by atoms with E-state index in [1.165, 1.54) is 33.4 Å². The average Bonchev–Trinajstić information content (AvgIpc) is 4.01. The van der Waals surface area contributed by atoms with E-state index in [1.54, 1.807) is 0 Å². The third-order valence-corrected chi connectivity index (χ3v) is 13.4. The summed E-state index contributed by atoms with van der Waals surface area (Å²) >= 11 is 0. The molecule has 306 valence electrons. The molecule has 0 bridgehead atoms. The topological polar surface area (TPSA) is 65.0 Å². The Bertz CT molecular complexity index is 3840. The third kappa shape index (κ3) is 5.89. The van der Waals surface area contributed by atoms with Crippen molar-refractivity contribution in [1.29, 1.82) is 0 Å². The first kappa shape index (κ1) is 37.2. The van der Waals surface area contributed by atoms with Gasteiger partial charge in [0.1, 0.15) is 22.3 Å². The van der Waals surface area contributed by atoms with Crippen LogP contribution < -0.4 is 0 Å². The van der Waals surface area contributed by atoms with E-state index in [4.69, 9.17) is 23.8 Å². The molecule has 1 aliphatic carbocycles. The molecular formula is C60H39N3O2. The largest absolute Gasteiger partial charge is 0.456 e. The summed E-state index contributed by atoms with van der Waals surface area (Å²) in [6.07, 6.45) is 0. The Hall–Kier alpha value is -8.41. The fraction of sp³-hybridized carbons (Fsp3) is 0.0500. The van der Waals surface area contributed by atoms with Crippen LogP contribution in [0.2, 0.25) is 0 Å². The minimum Gasteiger partial charge on any atom is -0.456 e. The van der Waals surface area contributed by atoms with Crippen molar-refractivity contribution < 1.29 is 8.83 Å². The maximum Gasteiger partial charge on any atom is 0.167 e. The van der Waals surface area contributed by atoms with Gasteiger partial charge in [-0.25, -0.2) is 15.0 Å². The molecule has 0 saturated heterocycles. The minimum absolute atomic E-state index is 0.0971. The van der Waals surface area contributed by atoms with Crippen LogP contribution in [-0.4, -0.2) is 15.0 Å². The molecule has 0 aliphatic heterocycles. The zero-order valence-corrected chi connectivity index (χ0v) is 35.7. The molecule has 0 spiro atoms. The molecule has 0 fully saturated rings. The van der Waals surface area contributed by atoms with E-state index in [0.717, 1.165) is 82.8 Å². The van der Waals surface area contributed by atoms with Gasteiger partial charge >= 0.3 is 0 Å². The van der Waals surface area contributed by atoms with Crippen molar-refractivity contribution in [3.63, 3.8) is 0 Å². The predicted molar refractivity (Wildman–Crippen MR) is 265 cm³/mol. The number of fused-ring (bicyclic) bond motifs is 9. The molecule has 5 nitrogen and oxygen atoms in total. The van der Waals surface area contributed by atoms with Gasteiger partial charge < -0.3 is 8.83 Å². The van der Waals surface area contributed by atoms with Crippen LogP contribution in [0.25, 0.3) is 123 Å². The van der Waals surface area contributed by atoms with E-state index in [-0.39, 0.29) is 5.41 Å². The summed E-state index contributed by atoms with van der Waals surface area (Å²) in [5.74, 6) is 1.65. The first-order chi connectivity index (χ1) is 32.0. The van der Waals surface area contributed by atoms with Crippen molar-refractivity contribution in [1.82, 2.24) is 15.0 Å². The van der Waals surface area contributed by atoms with E-state index in [2.05, 4.69) is 166 Å². The molecule has 0 radical (unpaired) electrons. The number of aromatic nitrogens is 3. The summed E-state index contributed by atoms with van der Waals surface area (Å²) < 4.78 is 13.1. The van der Waals surface area contributed by atoms with Gasteiger partial charge in [-0.1, -0.05) is 184 Å². The summed E-state index contributed by atoms with van der Waals surface area (Å²) in [5, 5.41) is 4.01. The molecule has 0 N–H and O–H groups in total. The van der Waals surface area contributed by atoms with Gasteiger partial charge in [-0.15, -0.1) is 0 Å². The monoisotopic (exact) mass is 833 g/mol. The molecule has 9 aromatic carbocycles. The van der Waals surface area contributed by atoms with Gasteiger partial charge in [0.2, 0.25) is 0 Å². The molecule has 0 unspecified atom stereocenters. The second kappa shape index (κ2) is 14.3. The zero-order chi connectivity index (χ0) is 43.2. The molecule has 3 aromatic heterocycles. The van der Waals surface area contributed by atoms with E-state index in [9.17, 15) is 0 Å². The quantitative estimate of drug-likeness (QED) is 0.167. The second-order valence-electron chi connectivity index (χ2n) is 17.5. The van der Waals surface area contributed by atoms with Crippen molar-refractivity contribution in [3.8, 4) is 78.7 Å². The number of rotatable bonds is 6. The lowest BCUT2D eigenvalue weighted by atomic mass is 9.79. The highest BCUT2D eigenvalue weighted by atomic mass is 16.3. The number of benzene rings is 9. The van der Waals surface area contributed by atoms with E-state index in [0.29, 0.717) is 17.5 Å². The van der Waals surface area contributed by atoms with Crippen LogP contribution in [0.15, 0.2) is 209 Å². The van der Waals surface area contributed by atoms with Gasteiger partial charge in [0.15, 0.2) is 17.5 Å². The molecule has 13 rings (SSSR count). The Balaban J connectivity index is 0.940. The second-order valence-corrected chi connectivity index (χ2v) is 17.5. The summed E-state index contributed by atoms with van der Waals surface area (Å²) in [5.41, 5.74) is 18.0. The molecule has 65 heavy (non-hydrogen) atoms. The lowest BCUT2D eigenvalue weighted by Gasteiger charge is -2.24. The highest BCUT2D eigenvalue weighted by Crippen LogP contribution is 2.52. The molecule has 3 heterocycles. The highest BCUT2D eigenvalue weighted by molar-refractivity contribution is 6.13. The molecule has 1 aliphatic rings. The fourth-order valence-electron chi connectivity index (χ4n) is 10.2. The van der Waals surface area contributed by atoms with Crippen molar-refractivity contribution in [2.75, 3.05) is 0 Å². The highest BCUT2D eigenvalue weighted by Gasteiger charge is 2.37. The average molecular weight is 834 g/mol. The molecular weight excluding hydrogens is 795 g/mol. The summed E-state index contributed by atoms with van der Waals surface area (Å²) in [7, 11) is 0. The van der Waals surface area contributed by atoms with Gasteiger partial charge in [-0.05, 0) is 86.0 Å². The van der Waals surface area contributed by atoms with Crippen molar-refractivity contribution in [3.05, 3.63) is 211 Å². The zero-order valence-electron chi connectivity index (χ0n) is 35.7. The predicted octanol–water partition coefficient (Wildman–Crippen LogP) is 16.0. The maximum atomic E-state index is 6.56. The Kier molecular flexibility index (Phi) is 8.18. The van der Waals surface area contributed by atoms with Gasteiger partial charge in [0.25, 0.3) is 0 Å². The number of furan rings is 2. The molecule has 0 saturated carbocycles. The Morgan fingerprint density at radius 3 is 1.72 bits per heavy atom. The van der Waals surface area contributed by atoms with Crippen molar-refractivity contribution in [2.24, 2.45) is 0 Å². The first-order valence-corrected chi connectivity index (χ1v) is 22.1. The lowest BCUT2D eigenvalue weighted by molar-refractivity contribution is 0.662. The smallest absolute Gasteiger partial charge is 0.167 e. The van der Waals surface area contributed by atoms with Gasteiger partial charge in [-0.2, -0.15) is 0 Å². The summed E-state index contributed by atoms with van der Waals surface area (Å²) in [4.78, 5) is 15.7. The van der Waals surface area contributed by atoms with E-state index < -0.39 is 0 Å². The van der Waals surface area contributed by atoms with Crippen LogP contribution in [0.3, 0.4) is 0 Å². The third-order valence-electron chi connectivity index (χ3n) is 13.4. The Labute approximate surface area is 375 Å². The Morgan fingerprint density at radius 1 is 0.338 bits per heavy atom. The summed E-state index contributed by atoms with van der Waals surface area (Å²) in [6, 6.07) is 70.2. The van der Waals surface area contributed by atoms with Crippen LogP contribution in [0, 0.1) is 0 Å². The van der Waals surface area contributed by atoms with Crippen molar-refractivity contribution >= 4 is 43.9 Å². The number of hydrogen-bond acceptors (Lipinski definition) is 5. The minimum atomic E-state index is -0.0971. The SMILES string of the molecule is CC1(C)c2ccccc2-c2cccc(-c3ccc(-c4ccc5oc6cccc(-c7nc(-c8ccc(-c9ccccc9)cc8)nc(-c8cccc9c8oc8ccccc89)n7)c6c5c4)cc3)c21. The van der Waals surface area contributed by atoms with Crippen LogP contribution >= 0.6 is 0 Å². The van der Waals surface area contributed by atoms with Gasteiger partial charge in [0.05, 0.1) is 5.56 Å². The molecule has 0 atom stereocenters. The van der Waals surface area contributed by atoms with Gasteiger partial charge in [0, 0.05) is 38.1 Å². The normalized spacial score (nSPS) is 12.9. The molecule has 12 aromatic rings. The molecule has 5 heteroatoms. The standard InChI is InChI=1S/C60H39N3O2/c1-60(2)50-22-8-6-15-43(50)45-18-10-17-42(55(45)60)39-29-25-38(26-30-39)41-33-34-52-49(35-41)54-47(20-12-24-53(54)64-52)58-61-57(40-31-27-37(28-32-40)36-13-4-3-5-14-36)62-59(63-58)48-21-11-19-46-44-16-7-9-23-51(44)65-56(46)48/h3-35H,1-2H3. The Morgan fingerprint density at radius 2 is 0.877 bits per heavy atom. The van der Waals surface area contributed by atoms with E-state index >= 15 is 0 Å². The molecule has 0 amide bonds. The maximum absolute atomic E-state index is 6.56. The number of nitrogens with zero attached hydrogens (tertiary/aromatic N) is 3. The van der Waals surface area contributed by atoms with Crippen LogP contribution in [0.5, 0.6) is 0 Å². The number of para-hydroxylation sites is 2. The van der Waals surface area contributed by atoms with Crippen LogP contribution in [0.4, 0.5) is 0 Å². The van der Waals surface area contributed by atoms with Crippen LogP contribution in [0.1, 0.15) is 25.0 Å². The van der Waals surface area contributed by atoms with Crippen LogP contribution in [-0.2, 0) is 5.41 Å². The fourth-order valence-corrected chi connectivity index (χ4v) is 10.2. The number of hydrogen-bond donors (Lipinski definition) is 0.